The molecule has 0 aliphatic heterocycles. The standard InChI is InChI=1S/C15H22BrNO/c16-15-4-2-1-3-13(15)14(9-17)12-7-5-11(10-18)6-8-12/h1-4,11-12,14,18H,5-10,17H2. The van der Waals surface area contributed by atoms with E-state index < -0.39 is 0 Å². The van der Waals surface area contributed by atoms with Crippen LogP contribution in [-0.2, 0) is 0 Å². The Morgan fingerprint density at radius 3 is 2.44 bits per heavy atom. The fourth-order valence-electron chi connectivity index (χ4n) is 3.12. The van der Waals surface area contributed by atoms with Crippen LogP contribution in [0.3, 0.4) is 0 Å². The molecule has 0 bridgehead atoms. The first-order chi connectivity index (χ1) is 8.76. The summed E-state index contributed by atoms with van der Waals surface area (Å²) < 4.78 is 1.17. The third kappa shape index (κ3) is 3.14. The Bertz CT molecular complexity index is 375. The van der Waals surface area contributed by atoms with Crippen molar-refractivity contribution in [1.82, 2.24) is 0 Å². The molecular formula is C15H22BrNO. The maximum atomic E-state index is 9.20. The van der Waals surface area contributed by atoms with Crippen LogP contribution in [-0.4, -0.2) is 18.3 Å². The number of halogens is 1. The van der Waals surface area contributed by atoms with Gasteiger partial charge in [-0.1, -0.05) is 34.1 Å². The minimum atomic E-state index is 0.342. The number of hydrogen-bond acceptors (Lipinski definition) is 2. The number of rotatable bonds is 4. The maximum Gasteiger partial charge on any atom is 0.0459 e. The van der Waals surface area contributed by atoms with Crippen molar-refractivity contribution < 1.29 is 5.11 Å². The summed E-state index contributed by atoms with van der Waals surface area (Å²) >= 11 is 3.63. The maximum absolute atomic E-state index is 9.20. The molecule has 1 aromatic rings. The number of aliphatic hydroxyl groups excluding tert-OH is 1. The Morgan fingerprint density at radius 1 is 1.22 bits per heavy atom. The van der Waals surface area contributed by atoms with Gasteiger partial charge in [0.2, 0.25) is 0 Å². The van der Waals surface area contributed by atoms with Gasteiger partial charge in [0.15, 0.2) is 0 Å². The number of aliphatic hydroxyl groups is 1. The zero-order valence-corrected chi connectivity index (χ0v) is 12.3. The SMILES string of the molecule is NCC(c1ccccc1Br)C1CCC(CO)CC1. The van der Waals surface area contributed by atoms with Crippen molar-refractivity contribution in [1.29, 1.82) is 0 Å². The van der Waals surface area contributed by atoms with Crippen LogP contribution < -0.4 is 5.73 Å². The zero-order chi connectivity index (χ0) is 13.0. The van der Waals surface area contributed by atoms with Gasteiger partial charge in [-0.25, -0.2) is 0 Å². The highest BCUT2D eigenvalue weighted by Gasteiger charge is 2.28. The van der Waals surface area contributed by atoms with Crippen LogP contribution in [0.5, 0.6) is 0 Å². The lowest BCUT2D eigenvalue weighted by Gasteiger charge is -2.33. The van der Waals surface area contributed by atoms with Crippen LogP contribution in [0.25, 0.3) is 0 Å². The second-order valence-electron chi connectivity index (χ2n) is 5.33. The number of nitrogens with two attached hydrogens (primary N) is 1. The number of benzene rings is 1. The lowest BCUT2D eigenvalue weighted by Crippen LogP contribution is -2.27. The second kappa shape index (κ2) is 6.69. The van der Waals surface area contributed by atoms with E-state index in [4.69, 9.17) is 5.73 Å². The average molecular weight is 312 g/mol. The predicted octanol–water partition coefficient (Wildman–Crippen LogP) is 3.29. The molecule has 1 saturated carbocycles. The molecule has 1 aromatic carbocycles. The Labute approximate surface area is 118 Å². The Hall–Kier alpha value is -0.380. The quantitative estimate of drug-likeness (QED) is 0.896. The van der Waals surface area contributed by atoms with Crippen molar-refractivity contribution in [3.8, 4) is 0 Å². The number of hydrogen-bond donors (Lipinski definition) is 2. The monoisotopic (exact) mass is 311 g/mol. The van der Waals surface area contributed by atoms with Gasteiger partial charge in [0.05, 0.1) is 0 Å². The fourth-order valence-corrected chi connectivity index (χ4v) is 3.70. The molecule has 100 valence electrons. The summed E-state index contributed by atoms with van der Waals surface area (Å²) in [5.41, 5.74) is 7.34. The van der Waals surface area contributed by atoms with E-state index in [-0.39, 0.29) is 0 Å². The Morgan fingerprint density at radius 2 is 1.89 bits per heavy atom. The van der Waals surface area contributed by atoms with E-state index in [0.717, 1.165) is 12.8 Å². The summed E-state index contributed by atoms with van der Waals surface area (Å²) in [5.74, 6) is 1.62. The van der Waals surface area contributed by atoms with Crippen LogP contribution in [0.4, 0.5) is 0 Å². The first-order valence-corrected chi connectivity index (χ1v) is 7.61. The average Bonchev–Trinajstić information content (AvgIpc) is 2.42. The van der Waals surface area contributed by atoms with E-state index in [9.17, 15) is 5.11 Å². The third-order valence-electron chi connectivity index (χ3n) is 4.28. The summed E-state index contributed by atoms with van der Waals surface area (Å²) in [7, 11) is 0. The van der Waals surface area contributed by atoms with Gasteiger partial charge in [0, 0.05) is 17.0 Å². The van der Waals surface area contributed by atoms with E-state index in [2.05, 4.69) is 34.1 Å². The molecule has 0 heterocycles. The van der Waals surface area contributed by atoms with Crippen LogP contribution in [0.2, 0.25) is 0 Å². The van der Waals surface area contributed by atoms with E-state index in [1.54, 1.807) is 0 Å². The van der Waals surface area contributed by atoms with Crippen molar-refractivity contribution in [2.75, 3.05) is 13.2 Å². The summed E-state index contributed by atoms with van der Waals surface area (Å²) in [5, 5.41) is 9.20. The van der Waals surface area contributed by atoms with E-state index in [1.807, 2.05) is 6.07 Å². The molecule has 0 amide bonds. The van der Waals surface area contributed by atoms with Crippen LogP contribution >= 0.6 is 15.9 Å². The summed E-state index contributed by atoms with van der Waals surface area (Å²) in [6.07, 6.45) is 4.66. The predicted molar refractivity (Wildman–Crippen MR) is 78.5 cm³/mol. The molecule has 2 nitrogen and oxygen atoms in total. The molecule has 0 spiro atoms. The normalized spacial score (nSPS) is 25.9. The molecule has 1 unspecified atom stereocenters. The van der Waals surface area contributed by atoms with Crippen LogP contribution in [0.15, 0.2) is 28.7 Å². The van der Waals surface area contributed by atoms with Gasteiger partial charge in [-0.2, -0.15) is 0 Å². The fraction of sp³-hybridized carbons (Fsp3) is 0.600. The first-order valence-electron chi connectivity index (χ1n) is 6.81. The van der Waals surface area contributed by atoms with Crippen LogP contribution in [0.1, 0.15) is 37.2 Å². The molecule has 1 fully saturated rings. The molecule has 0 saturated heterocycles. The highest BCUT2D eigenvalue weighted by molar-refractivity contribution is 9.10. The van der Waals surface area contributed by atoms with E-state index >= 15 is 0 Å². The van der Waals surface area contributed by atoms with Gasteiger partial charge in [0.25, 0.3) is 0 Å². The summed E-state index contributed by atoms with van der Waals surface area (Å²) in [6.45, 7) is 1.05. The summed E-state index contributed by atoms with van der Waals surface area (Å²) in [4.78, 5) is 0. The first kappa shape index (κ1) is 14.0. The van der Waals surface area contributed by atoms with Gasteiger partial charge in [-0.3, -0.25) is 0 Å². The highest BCUT2D eigenvalue weighted by Crippen LogP contribution is 2.39. The lowest BCUT2D eigenvalue weighted by atomic mass is 9.74. The Balaban J connectivity index is 2.08. The molecule has 1 atom stereocenters. The van der Waals surface area contributed by atoms with Crippen molar-refractivity contribution in [3.63, 3.8) is 0 Å². The second-order valence-corrected chi connectivity index (χ2v) is 6.18. The smallest absolute Gasteiger partial charge is 0.0459 e. The molecule has 3 heteroatoms. The third-order valence-corrected chi connectivity index (χ3v) is 5.00. The topological polar surface area (TPSA) is 46.2 Å². The van der Waals surface area contributed by atoms with Gasteiger partial charge in [-0.15, -0.1) is 0 Å². The highest BCUT2D eigenvalue weighted by atomic mass is 79.9. The Kier molecular flexibility index (Phi) is 5.22. The van der Waals surface area contributed by atoms with E-state index in [1.165, 1.54) is 22.9 Å². The molecule has 18 heavy (non-hydrogen) atoms. The van der Waals surface area contributed by atoms with Gasteiger partial charge in [-0.05, 0) is 55.7 Å². The van der Waals surface area contributed by atoms with Gasteiger partial charge in [0.1, 0.15) is 0 Å². The van der Waals surface area contributed by atoms with Gasteiger partial charge >= 0.3 is 0 Å². The van der Waals surface area contributed by atoms with Gasteiger partial charge < -0.3 is 10.8 Å². The summed E-state index contributed by atoms with van der Waals surface area (Å²) in [6, 6.07) is 8.41. The minimum Gasteiger partial charge on any atom is -0.396 e. The van der Waals surface area contributed by atoms with Crippen molar-refractivity contribution >= 4 is 15.9 Å². The van der Waals surface area contributed by atoms with E-state index in [0.29, 0.717) is 30.9 Å². The minimum absolute atomic E-state index is 0.342. The largest absolute Gasteiger partial charge is 0.396 e. The molecule has 3 N–H and O–H groups in total. The molecule has 0 aromatic heterocycles. The van der Waals surface area contributed by atoms with Crippen molar-refractivity contribution in [3.05, 3.63) is 34.3 Å². The van der Waals surface area contributed by atoms with Crippen molar-refractivity contribution in [2.45, 2.75) is 31.6 Å². The molecule has 2 rings (SSSR count). The molecule has 1 aliphatic carbocycles. The lowest BCUT2D eigenvalue weighted by molar-refractivity contribution is 0.158. The van der Waals surface area contributed by atoms with Crippen molar-refractivity contribution in [2.24, 2.45) is 17.6 Å². The van der Waals surface area contributed by atoms with Crippen LogP contribution in [0, 0.1) is 11.8 Å². The molecule has 0 radical (unpaired) electrons. The zero-order valence-electron chi connectivity index (χ0n) is 10.7. The molecular weight excluding hydrogens is 290 g/mol. The molecule has 1 aliphatic rings.